The third-order valence-corrected chi connectivity index (χ3v) is 4.07. The molecule has 0 aromatic heterocycles. The summed E-state index contributed by atoms with van der Waals surface area (Å²) in [7, 11) is 0. The highest BCUT2D eigenvalue weighted by Crippen LogP contribution is 2.16. The number of carboxylic acid groups (broad SMARTS) is 1. The number of rotatable bonds is 8. The summed E-state index contributed by atoms with van der Waals surface area (Å²) in [6.45, 7) is 5.66. The molecule has 116 valence electrons. The van der Waals surface area contributed by atoms with Crippen LogP contribution in [0.1, 0.15) is 51.2 Å². The molecular formula is C17H25NO3. The Balaban J connectivity index is 2.58. The molecule has 4 nitrogen and oxygen atoms in total. The first kappa shape index (κ1) is 17.2. The van der Waals surface area contributed by atoms with Gasteiger partial charge in [0, 0.05) is 6.42 Å². The standard InChI is InChI=1S/C17H25NO3/c1-4-13-7-9-14(10-8-13)11-12-15(19)18-17(5-2,6-3)16(20)21/h7-10H,4-6,11-12H2,1-3H3,(H,18,19)(H,20,21). The van der Waals surface area contributed by atoms with E-state index in [1.165, 1.54) is 5.56 Å². The van der Waals surface area contributed by atoms with Crippen LogP contribution in [0.25, 0.3) is 0 Å². The van der Waals surface area contributed by atoms with E-state index in [1.807, 2.05) is 12.1 Å². The molecule has 0 saturated carbocycles. The fraction of sp³-hybridized carbons (Fsp3) is 0.529. The smallest absolute Gasteiger partial charge is 0.329 e. The summed E-state index contributed by atoms with van der Waals surface area (Å²) in [5.74, 6) is -1.17. The molecule has 0 aliphatic rings. The Labute approximate surface area is 126 Å². The predicted octanol–water partition coefficient (Wildman–Crippen LogP) is 2.94. The van der Waals surface area contributed by atoms with Gasteiger partial charge in [0.15, 0.2) is 0 Å². The average molecular weight is 291 g/mol. The average Bonchev–Trinajstić information content (AvgIpc) is 2.50. The highest BCUT2D eigenvalue weighted by atomic mass is 16.4. The molecule has 2 N–H and O–H groups in total. The number of benzene rings is 1. The number of aliphatic carboxylic acids is 1. The number of aryl methyl sites for hydroxylation is 2. The van der Waals surface area contributed by atoms with Crippen molar-refractivity contribution in [1.29, 1.82) is 0 Å². The van der Waals surface area contributed by atoms with Crippen LogP contribution in [-0.4, -0.2) is 22.5 Å². The van der Waals surface area contributed by atoms with Gasteiger partial charge >= 0.3 is 5.97 Å². The second-order valence-corrected chi connectivity index (χ2v) is 5.31. The molecule has 1 rings (SSSR count). The van der Waals surface area contributed by atoms with E-state index < -0.39 is 11.5 Å². The van der Waals surface area contributed by atoms with Gasteiger partial charge in [0.05, 0.1) is 0 Å². The molecule has 0 heterocycles. The fourth-order valence-electron chi connectivity index (χ4n) is 2.31. The van der Waals surface area contributed by atoms with Gasteiger partial charge in [-0.3, -0.25) is 4.79 Å². The summed E-state index contributed by atoms with van der Waals surface area (Å²) in [6.07, 6.45) is 2.69. The van der Waals surface area contributed by atoms with Crippen LogP contribution in [0, 0.1) is 0 Å². The zero-order chi connectivity index (χ0) is 15.9. The number of nitrogens with one attached hydrogen (secondary N) is 1. The monoisotopic (exact) mass is 291 g/mol. The van der Waals surface area contributed by atoms with Crippen molar-refractivity contribution in [3.8, 4) is 0 Å². The zero-order valence-electron chi connectivity index (χ0n) is 13.1. The van der Waals surface area contributed by atoms with E-state index in [0.29, 0.717) is 25.7 Å². The van der Waals surface area contributed by atoms with Crippen LogP contribution in [0.4, 0.5) is 0 Å². The molecule has 1 aromatic carbocycles. The minimum Gasteiger partial charge on any atom is -0.480 e. The molecular weight excluding hydrogens is 266 g/mol. The second-order valence-electron chi connectivity index (χ2n) is 5.31. The van der Waals surface area contributed by atoms with Gasteiger partial charge < -0.3 is 10.4 Å². The SMILES string of the molecule is CCc1ccc(CCC(=O)NC(CC)(CC)C(=O)O)cc1. The summed E-state index contributed by atoms with van der Waals surface area (Å²) in [5.41, 5.74) is 1.23. The highest BCUT2D eigenvalue weighted by Gasteiger charge is 2.36. The molecule has 0 radical (unpaired) electrons. The zero-order valence-corrected chi connectivity index (χ0v) is 13.1. The summed E-state index contributed by atoms with van der Waals surface area (Å²) in [4.78, 5) is 23.4. The quantitative estimate of drug-likeness (QED) is 0.774. The first-order chi connectivity index (χ1) is 9.97. The Kier molecular flexibility index (Phi) is 6.40. The van der Waals surface area contributed by atoms with Crippen LogP contribution < -0.4 is 5.32 Å². The fourth-order valence-corrected chi connectivity index (χ4v) is 2.31. The summed E-state index contributed by atoms with van der Waals surface area (Å²) >= 11 is 0. The molecule has 4 heteroatoms. The molecule has 0 spiro atoms. The van der Waals surface area contributed by atoms with E-state index in [0.717, 1.165) is 12.0 Å². The molecule has 21 heavy (non-hydrogen) atoms. The Morgan fingerprint density at radius 1 is 1.05 bits per heavy atom. The predicted molar refractivity (Wildman–Crippen MR) is 83.2 cm³/mol. The van der Waals surface area contributed by atoms with E-state index in [-0.39, 0.29) is 5.91 Å². The highest BCUT2D eigenvalue weighted by molar-refractivity contribution is 5.87. The normalized spacial score (nSPS) is 11.2. The molecule has 0 aliphatic heterocycles. The van der Waals surface area contributed by atoms with Crippen LogP contribution in [0.2, 0.25) is 0 Å². The van der Waals surface area contributed by atoms with E-state index in [9.17, 15) is 14.7 Å². The Hall–Kier alpha value is -1.84. The van der Waals surface area contributed by atoms with Crippen LogP contribution in [0.3, 0.4) is 0 Å². The van der Waals surface area contributed by atoms with Crippen LogP contribution >= 0.6 is 0 Å². The van der Waals surface area contributed by atoms with Gasteiger partial charge in [0.2, 0.25) is 5.91 Å². The van der Waals surface area contributed by atoms with E-state index in [4.69, 9.17) is 0 Å². The third-order valence-electron chi connectivity index (χ3n) is 4.07. The minimum atomic E-state index is -1.14. The van der Waals surface area contributed by atoms with E-state index >= 15 is 0 Å². The first-order valence-electron chi connectivity index (χ1n) is 7.59. The van der Waals surface area contributed by atoms with Crippen molar-refractivity contribution in [2.75, 3.05) is 0 Å². The number of carboxylic acids is 1. The molecule has 0 saturated heterocycles. The van der Waals surface area contributed by atoms with Gasteiger partial charge in [-0.25, -0.2) is 4.79 Å². The number of hydrogen-bond donors (Lipinski definition) is 2. The number of carbonyl (C=O) groups is 2. The lowest BCUT2D eigenvalue weighted by atomic mass is 9.92. The first-order valence-corrected chi connectivity index (χ1v) is 7.59. The molecule has 1 aromatic rings. The summed E-state index contributed by atoms with van der Waals surface area (Å²) in [6, 6.07) is 8.17. The van der Waals surface area contributed by atoms with E-state index in [1.54, 1.807) is 13.8 Å². The summed E-state index contributed by atoms with van der Waals surface area (Å²) < 4.78 is 0. The molecule has 1 amide bonds. The van der Waals surface area contributed by atoms with E-state index in [2.05, 4.69) is 24.4 Å². The van der Waals surface area contributed by atoms with Gasteiger partial charge in [-0.15, -0.1) is 0 Å². The number of amides is 1. The number of carbonyl (C=O) groups excluding carboxylic acids is 1. The van der Waals surface area contributed by atoms with Crippen molar-refractivity contribution < 1.29 is 14.7 Å². The van der Waals surface area contributed by atoms with Crippen LogP contribution in [-0.2, 0) is 22.4 Å². The van der Waals surface area contributed by atoms with Gasteiger partial charge in [0.1, 0.15) is 5.54 Å². The van der Waals surface area contributed by atoms with Gasteiger partial charge in [-0.05, 0) is 36.8 Å². The Morgan fingerprint density at radius 3 is 2.00 bits per heavy atom. The van der Waals surface area contributed by atoms with Crippen molar-refractivity contribution >= 4 is 11.9 Å². The summed E-state index contributed by atoms with van der Waals surface area (Å²) in [5, 5.41) is 12.0. The molecule has 0 atom stereocenters. The van der Waals surface area contributed by atoms with Gasteiger partial charge in [-0.1, -0.05) is 45.0 Å². The second kappa shape index (κ2) is 7.81. The molecule has 0 unspecified atom stereocenters. The molecule has 0 aliphatic carbocycles. The van der Waals surface area contributed by atoms with Crippen molar-refractivity contribution in [3.63, 3.8) is 0 Å². The number of hydrogen-bond acceptors (Lipinski definition) is 2. The van der Waals surface area contributed by atoms with Crippen LogP contribution in [0.5, 0.6) is 0 Å². The maximum Gasteiger partial charge on any atom is 0.329 e. The van der Waals surface area contributed by atoms with Crippen molar-refractivity contribution in [1.82, 2.24) is 5.32 Å². The molecule has 0 fully saturated rings. The van der Waals surface area contributed by atoms with Crippen molar-refractivity contribution in [3.05, 3.63) is 35.4 Å². The maximum absolute atomic E-state index is 12.0. The largest absolute Gasteiger partial charge is 0.480 e. The lowest BCUT2D eigenvalue weighted by molar-refractivity contribution is -0.148. The van der Waals surface area contributed by atoms with Crippen molar-refractivity contribution in [2.45, 2.75) is 58.4 Å². The molecule has 0 bridgehead atoms. The topological polar surface area (TPSA) is 66.4 Å². The minimum absolute atomic E-state index is 0.208. The Bertz CT molecular complexity index is 475. The van der Waals surface area contributed by atoms with Gasteiger partial charge in [0.25, 0.3) is 0 Å². The van der Waals surface area contributed by atoms with Crippen molar-refractivity contribution in [2.24, 2.45) is 0 Å². The third kappa shape index (κ3) is 4.59. The van der Waals surface area contributed by atoms with Crippen LogP contribution in [0.15, 0.2) is 24.3 Å². The lowest BCUT2D eigenvalue weighted by Crippen LogP contribution is -2.53. The van der Waals surface area contributed by atoms with Gasteiger partial charge in [-0.2, -0.15) is 0 Å². The Morgan fingerprint density at radius 2 is 1.57 bits per heavy atom. The lowest BCUT2D eigenvalue weighted by Gasteiger charge is -2.28. The maximum atomic E-state index is 12.0.